The highest BCUT2D eigenvalue weighted by molar-refractivity contribution is 5.73. The van der Waals surface area contributed by atoms with Crippen LogP contribution < -0.4 is 9.64 Å². The number of piperazine rings is 1. The largest absolute Gasteiger partial charge is 0.496 e. The maximum atomic E-state index is 11.3. The predicted molar refractivity (Wildman–Crippen MR) is 79.1 cm³/mol. The van der Waals surface area contributed by atoms with E-state index in [1.54, 1.807) is 18.9 Å². The summed E-state index contributed by atoms with van der Waals surface area (Å²) in [5, 5.41) is 0. The van der Waals surface area contributed by atoms with Crippen molar-refractivity contribution in [3.05, 3.63) is 28.8 Å². The molecule has 1 aliphatic rings. The Morgan fingerprint density at radius 3 is 2.45 bits per heavy atom. The predicted octanol–water partition coefficient (Wildman–Crippen LogP) is 0.559. The summed E-state index contributed by atoms with van der Waals surface area (Å²) in [6.07, 6.45) is 0. The molecule has 0 aromatic heterocycles. The average Bonchev–Trinajstić information content (AvgIpc) is 2.45. The van der Waals surface area contributed by atoms with E-state index >= 15 is 0 Å². The van der Waals surface area contributed by atoms with Gasteiger partial charge < -0.3 is 14.5 Å². The van der Waals surface area contributed by atoms with E-state index in [1.807, 2.05) is 4.90 Å². The molecule has 110 valence electrons. The number of nitrogens with one attached hydrogen (secondary N) is 1. The molecule has 0 unspecified atom stereocenters. The fraction of sp³-hybridized carbons (Fsp3) is 0.562. The first-order valence-corrected chi connectivity index (χ1v) is 7.25. The second kappa shape index (κ2) is 6.27. The first kappa shape index (κ1) is 14.9. The number of quaternary nitrogens is 1. The van der Waals surface area contributed by atoms with Gasteiger partial charge in [0.2, 0.25) is 5.91 Å². The van der Waals surface area contributed by atoms with E-state index in [4.69, 9.17) is 4.74 Å². The molecule has 1 saturated heterocycles. The van der Waals surface area contributed by atoms with Crippen molar-refractivity contribution in [3.8, 4) is 5.75 Å². The number of amides is 1. The zero-order valence-electron chi connectivity index (χ0n) is 13.0. The molecule has 0 aliphatic carbocycles. The topological polar surface area (TPSA) is 34.0 Å². The third-order valence-electron chi connectivity index (χ3n) is 4.43. The zero-order chi connectivity index (χ0) is 14.7. The number of rotatable bonds is 3. The number of benzene rings is 1. The number of hydrogen-bond acceptors (Lipinski definition) is 2. The molecular formula is C16H25N2O2+. The van der Waals surface area contributed by atoms with Crippen LogP contribution >= 0.6 is 0 Å². The summed E-state index contributed by atoms with van der Waals surface area (Å²) in [6.45, 7) is 10.8. The molecule has 0 bridgehead atoms. The lowest BCUT2D eigenvalue weighted by molar-refractivity contribution is -0.917. The summed E-state index contributed by atoms with van der Waals surface area (Å²) >= 11 is 0. The molecular weight excluding hydrogens is 252 g/mol. The molecule has 2 rings (SSSR count). The molecule has 0 spiro atoms. The molecule has 1 aromatic carbocycles. The Bertz CT molecular complexity index is 491. The SMILES string of the molecule is COc1ccc(C[NH+]2CCN(C(C)=O)CC2)c(C)c1C. The number of nitrogens with zero attached hydrogens (tertiary/aromatic N) is 1. The lowest BCUT2D eigenvalue weighted by Gasteiger charge is -2.32. The minimum absolute atomic E-state index is 0.195. The van der Waals surface area contributed by atoms with Gasteiger partial charge in [0, 0.05) is 12.5 Å². The van der Waals surface area contributed by atoms with Crippen LogP contribution in [0.2, 0.25) is 0 Å². The van der Waals surface area contributed by atoms with Gasteiger partial charge in [-0.2, -0.15) is 0 Å². The van der Waals surface area contributed by atoms with Gasteiger partial charge in [-0.15, -0.1) is 0 Å². The molecule has 1 N–H and O–H groups in total. The van der Waals surface area contributed by atoms with E-state index in [0.29, 0.717) is 0 Å². The van der Waals surface area contributed by atoms with E-state index in [1.165, 1.54) is 16.7 Å². The fourth-order valence-electron chi connectivity index (χ4n) is 2.85. The van der Waals surface area contributed by atoms with Gasteiger partial charge in [-0.05, 0) is 37.1 Å². The molecule has 1 aromatic rings. The molecule has 0 atom stereocenters. The van der Waals surface area contributed by atoms with E-state index in [2.05, 4.69) is 26.0 Å². The first-order chi connectivity index (χ1) is 9.52. The molecule has 20 heavy (non-hydrogen) atoms. The Morgan fingerprint density at radius 2 is 1.90 bits per heavy atom. The first-order valence-electron chi connectivity index (χ1n) is 7.25. The summed E-state index contributed by atoms with van der Waals surface area (Å²) in [5.41, 5.74) is 3.94. The van der Waals surface area contributed by atoms with Crippen LogP contribution in [0.15, 0.2) is 12.1 Å². The molecule has 4 nitrogen and oxygen atoms in total. The molecule has 1 fully saturated rings. The van der Waals surface area contributed by atoms with Gasteiger partial charge in [0.05, 0.1) is 33.3 Å². The minimum Gasteiger partial charge on any atom is -0.496 e. The molecule has 4 heteroatoms. The van der Waals surface area contributed by atoms with Crippen molar-refractivity contribution < 1.29 is 14.4 Å². The standard InChI is InChI=1S/C16H24N2O2/c1-12-13(2)16(20-4)6-5-15(12)11-17-7-9-18(10-8-17)14(3)19/h5-6H,7-11H2,1-4H3/p+1. The molecule has 1 aliphatic heterocycles. The van der Waals surface area contributed by atoms with Crippen LogP contribution in [0.25, 0.3) is 0 Å². The summed E-state index contributed by atoms with van der Waals surface area (Å²) in [6, 6.07) is 4.23. The normalized spacial score (nSPS) is 16.3. The second-order valence-corrected chi connectivity index (χ2v) is 5.61. The molecule has 1 amide bonds. The van der Waals surface area contributed by atoms with Gasteiger partial charge in [-0.3, -0.25) is 4.79 Å². The molecule has 0 saturated carbocycles. The maximum Gasteiger partial charge on any atom is 0.219 e. The number of hydrogen-bond donors (Lipinski definition) is 1. The van der Waals surface area contributed by atoms with Gasteiger partial charge in [0.1, 0.15) is 12.3 Å². The molecule has 0 radical (unpaired) electrons. The van der Waals surface area contributed by atoms with Gasteiger partial charge in [0.15, 0.2) is 0 Å². The number of methoxy groups -OCH3 is 1. The van der Waals surface area contributed by atoms with Gasteiger partial charge in [-0.25, -0.2) is 0 Å². The number of carbonyl (C=O) groups is 1. The van der Waals surface area contributed by atoms with Crippen molar-refractivity contribution in [2.75, 3.05) is 33.3 Å². The smallest absolute Gasteiger partial charge is 0.219 e. The third kappa shape index (κ3) is 3.12. The number of ether oxygens (including phenoxy) is 1. The van der Waals surface area contributed by atoms with Crippen LogP contribution in [0, 0.1) is 13.8 Å². The fourth-order valence-corrected chi connectivity index (χ4v) is 2.85. The van der Waals surface area contributed by atoms with Crippen LogP contribution in [0.1, 0.15) is 23.6 Å². The quantitative estimate of drug-likeness (QED) is 0.876. The van der Waals surface area contributed by atoms with Crippen LogP contribution in [-0.4, -0.2) is 44.1 Å². The van der Waals surface area contributed by atoms with Crippen LogP contribution in [-0.2, 0) is 11.3 Å². The van der Waals surface area contributed by atoms with Crippen molar-refractivity contribution >= 4 is 5.91 Å². The third-order valence-corrected chi connectivity index (χ3v) is 4.43. The van der Waals surface area contributed by atoms with Crippen molar-refractivity contribution in [2.45, 2.75) is 27.3 Å². The van der Waals surface area contributed by atoms with Crippen molar-refractivity contribution in [1.29, 1.82) is 0 Å². The Labute approximate surface area is 121 Å². The average molecular weight is 277 g/mol. The highest BCUT2D eigenvalue weighted by atomic mass is 16.5. The summed E-state index contributed by atoms with van der Waals surface area (Å²) in [7, 11) is 1.72. The van der Waals surface area contributed by atoms with Crippen molar-refractivity contribution in [1.82, 2.24) is 4.90 Å². The summed E-state index contributed by atoms with van der Waals surface area (Å²) in [4.78, 5) is 14.8. The van der Waals surface area contributed by atoms with Gasteiger partial charge in [-0.1, -0.05) is 0 Å². The molecule has 1 heterocycles. The van der Waals surface area contributed by atoms with Crippen LogP contribution in [0.5, 0.6) is 5.75 Å². The Morgan fingerprint density at radius 1 is 1.25 bits per heavy atom. The lowest BCUT2D eigenvalue weighted by Crippen LogP contribution is -3.13. The highest BCUT2D eigenvalue weighted by Gasteiger charge is 2.22. The van der Waals surface area contributed by atoms with E-state index < -0.39 is 0 Å². The monoisotopic (exact) mass is 277 g/mol. The second-order valence-electron chi connectivity index (χ2n) is 5.61. The van der Waals surface area contributed by atoms with E-state index in [0.717, 1.165) is 38.5 Å². The zero-order valence-corrected chi connectivity index (χ0v) is 13.0. The minimum atomic E-state index is 0.195. The highest BCUT2D eigenvalue weighted by Crippen LogP contribution is 2.23. The maximum absolute atomic E-state index is 11.3. The van der Waals surface area contributed by atoms with Crippen molar-refractivity contribution in [2.24, 2.45) is 0 Å². The van der Waals surface area contributed by atoms with Gasteiger partial charge in [0.25, 0.3) is 0 Å². The van der Waals surface area contributed by atoms with Crippen LogP contribution in [0.3, 0.4) is 0 Å². The van der Waals surface area contributed by atoms with E-state index in [9.17, 15) is 4.79 Å². The lowest BCUT2D eigenvalue weighted by atomic mass is 10.0. The Hall–Kier alpha value is -1.55. The van der Waals surface area contributed by atoms with Crippen LogP contribution in [0.4, 0.5) is 0 Å². The van der Waals surface area contributed by atoms with Crippen molar-refractivity contribution in [3.63, 3.8) is 0 Å². The Balaban J connectivity index is 2.01. The van der Waals surface area contributed by atoms with E-state index in [-0.39, 0.29) is 5.91 Å². The Kier molecular flexibility index (Phi) is 4.65. The summed E-state index contributed by atoms with van der Waals surface area (Å²) in [5.74, 6) is 1.16. The summed E-state index contributed by atoms with van der Waals surface area (Å²) < 4.78 is 5.36. The number of carbonyl (C=O) groups excluding carboxylic acids is 1. The van der Waals surface area contributed by atoms with Gasteiger partial charge >= 0.3 is 0 Å².